The second-order valence-electron chi connectivity index (χ2n) is 5.28. The number of carbonyl (C=O) groups is 1. The zero-order valence-electron chi connectivity index (χ0n) is 12.0. The van der Waals surface area contributed by atoms with E-state index in [0.29, 0.717) is 31.1 Å². The lowest BCUT2D eigenvalue weighted by molar-refractivity contribution is 0.0716. The van der Waals surface area contributed by atoms with Gasteiger partial charge in [-0.15, -0.1) is 0 Å². The molecule has 116 valence electrons. The highest BCUT2D eigenvalue weighted by Gasteiger charge is 2.25. The molecule has 1 amide bonds. The lowest BCUT2D eigenvalue weighted by Crippen LogP contribution is -2.39. The summed E-state index contributed by atoms with van der Waals surface area (Å²) < 4.78 is 40.3. The molecule has 0 atom stereocenters. The predicted molar refractivity (Wildman–Crippen MR) is 73.5 cm³/mol. The Balaban J connectivity index is 2.16. The van der Waals surface area contributed by atoms with Gasteiger partial charge < -0.3 is 10.2 Å². The smallest absolute Gasteiger partial charge is 0.259 e. The predicted octanol–water partition coefficient (Wildman–Crippen LogP) is 2.57. The van der Waals surface area contributed by atoms with Crippen LogP contribution < -0.4 is 5.32 Å². The van der Waals surface area contributed by atoms with Gasteiger partial charge in [-0.05, 0) is 38.8 Å². The summed E-state index contributed by atoms with van der Waals surface area (Å²) >= 11 is 0. The highest BCUT2D eigenvalue weighted by Crippen LogP contribution is 2.19. The molecule has 1 aliphatic rings. The number of nitrogens with zero attached hydrogens (tertiary/aromatic N) is 1. The average Bonchev–Trinajstić information content (AvgIpc) is 2.44. The summed E-state index contributed by atoms with van der Waals surface area (Å²) in [6, 6.07) is 1.07. The summed E-state index contributed by atoms with van der Waals surface area (Å²) in [6.45, 7) is 4.36. The SMILES string of the molecule is CCN(CC1CCNCC1)C(=O)c1c(F)cc(F)cc1F. The molecule has 0 aliphatic carbocycles. The Bertz CT molecular complexity index is 493. The molecular formula is C15H19F3N2O. The van der Waals surface area contributed by atoms with E-state index in [-0.39, 0.29) is 0 Å². The number of halogens is 3. The van der Waals surface area contributed by atoms with Crippen molar-refractivity contribution in [1.29, 1.82) is 0 Å². The van der Waals surface area contributed by atoms with Crippen molar-refractivity contribution in [1.82, 2.24) is 10.2 Å². The second-order valence-corrected chi connectivity index (χ2v) is 5.28. The van der Waals surface area contributed by atoms with Gasteiger partial charge in [0.2, 0.25) is 0 Å². The van der Waals surface area contributed by atoms with E-state index in [1.54, 1.807) is 6.92 Å². The van der Waals surface area contributed by atoms with E-state index in [0.717, 1.165) is 25.9 Å². The van der Waals surface area contributed by atoms with Crippen molar-refractivity contribution in [2.24, 2.45) is 5.92 Å². The molecule has 21 heavy (non-hydrogen) atoms. The van der Waals surface area contributed by atoms with Crippen molar-refractivity contribution in [2.45, 2.75) is 19.8 Å². The van der Waals surface area contributed by atoms with E-state index in [1.165, 1.54) is 4.90 Å². The maximum absolute atomic E-state index is 13.7. The molecule has 0 bridgehead atoms. The summed E-state index contributed by atoms with van der Waals surface area (Å²) in [5.41, 5.74) is -0.674. The molecule has 6 heteroatoms. The first-order chi connectivity index (χ1) is 10.0. The molecule has 0 radical (unpaired) electrons. The second kappa shape index (κ2) is 6.93. The Morgan fingerprint density at radius 1 is 1.24 bits per heavy atom. The summed E-state index contributed by atoms with van der Waals surface area (Å²) in [5.74, 6) is -3.72. The molecule has 0 aromatic heterocycles. The number of piperidine rings is 1. The summed E-state index contributed by atoms with van der Waals surface area (Å²) in [6.07, 6.45) is 1.86. The van der Waals surface area contributed by atoms with Crippen molar-refractivity contribution in [2.75, 3.05) is 26.2 Å². The fourth-order valence-electron chi connectivity index (χ4n) is 2.64. The maximum atomic E-state index is 13.7. The molecule has 1 saturated heterocycles. The number of rotatable bonds is 4. The monoisotopic (exact) mass is 300 g/mol. The maximum Gasteiger partial charge on any atom is 0.259 e. The summed E-state index contributed by atoms with van der Waals surface area (Å²) in [4.78, 5) is 13.7. The average molecular weight is 300 g/mol. The van der Waals surface area contributed by atoms with Crippen LogP contribution >= 0.6 is 0 Å². The third-order valence-electron chi connectivity index (χ3n) is 3.83. The molecule has 1 fully saturated rings. The normalized spacial score (nSPS) is 16.0. The number of hydrogen-bond acceptors (Lipinski definition) is 2. The first-order valence-electron chi connectivity index (χ1n) is 7.17. The minimum Gasteiger partial charge on any atom is -0.338 e. The van der Waals surface area contributed by atoms with Crippen LogP contribution in [0.1, 0.15) is 30.1 Å². The Morgan fingerprint density at radius 3 is 2.33 bits per heavy atom. The van der Waals surface area contributed by atoms with E-state index in [9.17, 15) is 18.0 Å². The van der Waals surface area contributed by atoms with Crippen LogP contribution in [0.3, 0.4) is 0 Å². The molecule has 1 aliphatic heterocycles. The Kier molecular flexibility index (Phi) is 5.22. The molecule has 0 spiro atoms. The third-order valence-corrected chi connectivity index (χ3v) is 3.83. The van der Waals surface area contributed by atoms with E-state index in [2.05, 4.69) is 5.32 Å². The number of nitrogens with one attached hydrogen (secondary N) is 1. The molecule has 0 saturated carbocycles. The largest absolute Gasteiger partial charge is 0.338 e. The van der Waals surface area contributed by atoms with E-state index in [4.69, 9.17) is 0 Å². The van der Waals surface area contributed by atoms with Gasteiger partial charge >= 0.3 is 0 Å². The highest BCUT2D eigenvalue weighted by molar-refractivity contribution is 5.94. The molecule has 1 aromatic carbocycles. The number of hydrogen-bond donors (Lipinski definition) is 1. The first-order valence-corrected chi connectivity index (χ1v) is 7.17. The minimum absolute atomic E-state index is 0.321. The molecular weight excluding hydrogens is 281 g/mol. The summed E-state index contributed by atoms with van der Waals surface area (Å²) in [5, 5.41) is 3.23. The van der Waals surface area contributed by atoms with Crippen molar-refractivity contribution in [3.8, 4) is 0 Å². The molecule has 3 nitrogen and oxygen atoms in total. The van der Waals surface area contributed by atoms with Gasteiger partial charge in [0.1, 0.15) is 23.0 Å². The van der Waals surface area contributed by atoms with Gasteiger partial charge in [0.25, 0.3) is 5.91 Å². The van der Waals surface area contributed by atoms with Crippen LogP contribution in [0.2, 0.25) is 0 Å². The van der Waals surface area contributed by atoms with Gasteiger partial charge in [-0.2, -0.15) is 0 Å². The van der Waals surface area contributed by atoms with Crippen LogP contribution in [0.15, 0.2) is 12.1 Å². The van der Waals surface area contributed by atoms with Crippen LogP contribution in [-0.4, -0.2) is 37.0 Å². The topological polar surface area (TPSA) is 32.3 Å². The Morgan fingerprint density at radius 2 is 1.81 bits per heavy atom. The molecule has 1 aromatic rings. The molecule has 1 heterocycles. The lowest BCUT2D eigenvalue weighted by atomic mass is 9.97. The number of amides is 1. The van der Waals surface area contributed by atoms with Crippen molar-refractivity contribution < 1.29 is 18.0 Å². The van der Waals surface area contributed by atoms with Crippen LogP contribution in [0.25, 0.3) is 0 Å². The van der Waals surface area contributed by atoms with Gasteiger partial charge in [0.15, 0.2) is 0 Å². The molecule has 2 rings (SSSR count). The van der Waals surface area contributed by atoms with E-state index >= 15 is 0 Å². The lowest BCUT2D eigenvalue weighted by Gasteiger charge is -2.29. The fraction of sp³-hybridized carbons (Fsp3) is 0.533. The number of carbonyl (C=O) groups excluding carboxylic acids is 1. The zero-order chi connectivity index (χ0) is 15.4. The summed E-state index contributed by atoms with van der Waals surface area (Å²) in [7, 11) is 0. The molecule has 0 unspecified atom stereocenters. The van der Waals surface area contributed by atoms with Gasteiger partial charge in [-0.3, -0.25) is 4.79 Å². The van der Waals surface area contributed by atoms with Gasteiger partial charge in [-0.1, -0.05) is 0 Å². The standard InChI is InChI=1S/C15H19F3N2O/c1-2-20(9-10-3-5-19-6-4-10)15(21)14-12(17)7-11(16)8-13(14)18/h7-8,10,19H,2-6,9H2,1H3. The van der Waals surface area contributed by atoms with Crippen molar-refractivity contribution >= 4 is 5.91 Å². The van der Waals surface area contributed by atoms with Crippen LogP contribution in [0.5, 0.6) is 0 Å². The van der Waals surface area contributed by atoms with Crippen molar-refractivity contribution in [3.63, 3.8) is 0 Å². The van der Waals surface area contributed by atoms with E-state index in [1.807, 2.05) is 0 Å². The third kappa shape index (κ3) is 3.75. The number of benzene rings is 1. The fourth-order valence-corrected chi connectivity index (χ4v) is 2.64. The molecule has 1 N–H and O–H groups in total. The van der Waals surface area contributed by atoms with E-state index < -0.39 is 28.9 Å². The van der Waals surface area contributed by atoms with Crippen LogP contribution in [0, 0.1) is 23.4 Å². The van der Waals surface area contributed by atoms with Gasteiger partial charge in [-0.25, -0.2) is 13.2 Å². The first kappa shape index (κ1) is 15.8. The minimum atomic E-state index is -1.15. The Hall–Kier alpha value is -1.56. The zero-order valence-corrected chi connectivity index (χ0v) is 12.0. The highest BCUT2D eigenvalue weighted by atomic mass is 19.1. The van der Waals surface area contributed by atoms with Crippen molar-refractivity contribution in [3.05, 3.63) is 35.1 Å². The van der Waals surface area contributed by atoms with Gasteiger partial charge in [0.05, 0.1) is 0 Å². The quantitative estimate of drug-likeness (QED) is 0.927. The van der Waals surface area contributed by atoms with Crippen LogP contribution in [-0.2, 0) is 0 Å². The Labute approximate surface area is 122 Å². The van der Waals surface area contributed by atoms with Gasteiger partial charge in [0, 0.05) is 25.2 Å². The van der Waals surface area contributed by atoms with Crippen LogP contribution in [0.4, 0.5) is 13.2 Å².